The van der Waals surface area contributed by atoms with Crippen LogP contribution in [0.25, 0.3) is 10.8 Å². The Balaban J connectivity index is 2.94. The Hall–Kier alpha value is -2.76. The standard InChI is InChI=1S/C14H14N2O4/c1-19-13(17)8-5-3-4-7-11(8)9(14(18)20-2)6-10(15)12(7)16/h3-6H,15-16H2,1-2H3. The lowest BCUT2D eigenvalue weighted by Crippen LogP contribution is -2.10. The monoisotopic (exact) mass is 274 g/mol. The van der Waals surface area contributed by atoms with Crippen LogP contribution in [0.3, 0.4) is 0 Å². The number of anilines is 2. The van der Waals surface area contributed by atoms with Gasteiger partial charge < -0.3 is 20.9 Å². The molecule has 2 aromatic rings. The van der Waals surface area contributed by atoms with Gasteiger partial charge in [0.15, 0.2) is 0 Å². The lowest BCUT2D eigenvalue weighted by Gasteiger charge is -2.13. The number of nitrogens with two attached hydrogens (primary N) is 2. The number of methoxy groups -OCH3 is 2. The van der Waals surface area contributed by atoms with Crippen LogP contribution in [-0.4, -0.2) is 26.2 Å². The third kappa shape index (κ3) is 2.01. The number of esters is 2. The molecule has 6 nitrogen and oxygen atoms in total. The average molecular weight is 274 g/mol. The second kappa shape index (κ2) is 5.08. The lowest BCUT2D eigenvalue weighted by molar-refractivity contribution is 0.0601. The van der Waals surface area contributed by atoms with Crippen molar-refractivity contribution in [2.45, 2.75) is 0 Å². The molecule has 0 saturated carbocycles. The van der Waals surface area contributed by atoms with Crippen LogP contribution < -0.4 is 11.5 Å². The van der Waals surface area contributed by atoms with E-state index in [0.717, 1.165) is 0 Å². The first-order valence-electron chi connectivity index (χ1n) is 5.78. The van der Waals surface area contributed by atoms with E-state index in [0.29, 0.717) is 16.5 Å². The molecule has 2 rings (SSSR count). The minimum atomic E-state index is -0.599. The van der Waals surface area contributed by atoms with Gasteiger partial charge in [-0.15, -0.1) is 0 Å². The van der Waals surface area contributed by atoms with E-state index in [4.69, 9.17) is 20.9 Å². The van der Waals surface area contributed by atoms with Gasteiger partial charge in [0.2, 0.25) is 0 Å². The van der Waals surface area contributed by atoms with Gasteiger partial charge in [0.25, 0.3) is 0 Å². The van der Waals surface area contributed by atoms with Crippen LogP contribution in [0, 0.1) is 0 Å². The number of carbonyl (C=O) groups excluding carboxylic acids is 2. The smallest absolute Gasteiger partial charge is 0.338 e. The van der Waals surface area contributed by atoms with Crippen molar-refractivity contribution in [2.24, 2.45) is 0 Å². The molecule has 2 aromatic carbocycles. The number of benzene rings is 2. The quantitative estimate of drug-likeness (QED) is 0.636. The largest absolute Gasteiger partial charge is 0.465 e. The fraction of sp³-hybridized carbons (Fsp3) is 0.143. The summed E-state index contributed by atoms with van der Waals surface area (Å²) in [5, 5.41) is 0.881. The summed E-state index contributed by atoms with van der Waals surface area (Å²) < 4.78 is 9.44. The summed E-state index contributed by atoms with van der Waals surface area (Å²) in [7, 11) is 2.51. The van der Waals surface area contributed by atoms with Crippen LogP contribution in [0.1, 0.15) is 20.7 Å². The number of hydrogen-bond donors (Lipinski definition) is 2. The summed E-state index contributed by atoms with van der Waals surface area (Å²) in [6.45, 7) is 0. The first-order valence-corrected chi connectivity index (χ1v) is 5.78. The minimum absolute atomic E-state index is 0.176. The summed E-state index contributed by atoms with van der Waals surface area (Å²) in [5.74, 6) is -1.16. The van der Waals surface area contributed by atoms with Crippen molar-refractivity contribution in [3.05, 3.63) is 35.4 Å². The Labute approximate surface area is 115 Å². The maximum Gasteiger partial charge on any atom is 0.338 e. The average Bonchev–Trinajstić information content (AvgIpc) is 2.48. The van der Waals surface area contributed by atoms with E-state index < -0.39 is 11.9 Å². The second-order valence-corrected chi connectivity index (χ2v) is 4.14. The highest BCUT2D eigenvalue weighted by Gasteiger charge is 2.20. The van der Waals surface area contributed by atoms with Gasteiger partial charge in [0, 0.05) is 10.8 Å². The molecule has 0 aromatic heterocycles. The summed E-state index contributed by atoms with van der Waals surface area (Å²) in [4.78, 5) is 23.7. The normalized spacial score (nSPS) is 10.3. The van der Waals surface area contributed by atoms with Crippen LogP contribution in [-0.2, 0) is 9.47 Å². The molecule has 0 unspecified atom stereocenters. The lowest BCUT2D eigenvalue weighted by atomic mass is 9.97. The van der Waals surface area contributed by atoms with Gasteiger partial charge in [-0.05, 0) is 12.1 Å². The van der Waals surface area contributed by atoms with Crippen LogP contribution in [0.5, 0.6) is 0 Å². The molecule has 0 aliphatic heterocycles. The van der Waals surface area contributed by atoms with Gasteiger partial charge in [0.1, 0.15) is 0 Å². The van der Waals surface area contributed by atoms with Gasteiger partial charge >= 0.3 is 11.9 Å². The maximum atomic E-state index is 11.9. The second-order valence-electron chi connectivity index (χ2n) is 4.14. The molecular formula is C14H14N2O4. The Morgan fingerprint density at radius 3 is 2.20 bits per heavy atom. The molecule has 4 N–H and O–H groups in total. The summed E-state index contributed by atoms with van der Waals surface area (Å²) in [6.07, 6.45) is 0. The first kappa shape index (κ1) is 13.7. The molecule has 104 valence electrons. The fourth-order valence-electron chi connectivity index (χ4n) is 2.08. The van der Waals surface area contributed by atoms with E-state index in [1.165, 1.54) is 20.3 Å². The summed E-state index contributed by atoms with van der Waals surface area (Å²) >= 11 is 0. The van der Waals surface area contributed by atoms with Crippen molar-refractivity contribution in [1.29, 1.82) is 0 Å². The predicted octanol–water partition coefficient (Wildman–Crippen LogP) is 1.58. The molecule has 0 heterocycles. The van der Waals surface area contributed by atoms with E-state index in [1.54, 1.807) is 18.2 Å². The fourth-order valence-corrected chi connectivity index (χ4v) is 2.08. The third-order valence-electron chi connectivity index (χ3n) is 3.05. The Morgan fingerprint density at radius 1 is 1.00 bits per heavy atom. The Morgan fingerprint density at radius 2 is 1.60 bits per heavy atom. The highest BCUT2D eigenvalue weighted by molar-refractivity contribution is 6.17. The van der Waals surface area contributed by atoms with E-state index in [1.807, 2.05) is 0 Å². The third-order valence-corrected chi connectivity index (χ3v) is 3.05. The number of hydrogen-bond acceptors (Lipinski definition) is 6. The molecule has 0 radical (unpaired) electrons. The Kier molecular flexibility index (Phi) is 3.47. The SMILES string of the molecule is COC(=O)c1cccc2c(N)c(N)cc(C(=O)OC)c12. The van der Waals surface area contributed by atoms with Gasteiger partial charge in [-0.2, -0.15) is 0 Å². The van der Waals surface area contributed by atoms with Crippen LogP contribution in [0.15, 0.2) is 24.3 Å². The molecule has 0 aliphatic rings. The number of ether oxygens (including phenoxy) is 2. The van der Waals surface area contributed by atoms with Gasteiger partial charge in [-0.1, -0.05) is 12.1 Å². The summed E-state index contributed by atoms with van der Waals surface area (Å²) in [5.41, 5.74) is 12.7. The molecule has 0 aliphatic carbocycles. The van der Waals surface area contributed by atoms with E-state index in [2.05, 4.69) is 0 Å². The van der Waals surface area contributed by atoms with Crippen molar-refractivity contribution in [2.75, 3.05) is 25.7 Å². The van der Waals surface area contributed by atoms with Crippen molar-refractivity contribution >= 4 is 34.1 Å². The summed E-state index contributed by atoms with van der Waals surface area (Å²) in [6, 6.07) is 6.28. The number of carbonyl (C=O) groups is 2. The number of fused-ring (bicyclic) bond motifs is 1. The van der Waals surface area contributed by atoms with Crippen LogP contribution in [0.2, 0.25) is 0 Å². The number of nitrogen functional groups attached to an aromatic ring is 2. The van der Waals surface area contributed by atoms with E-state index in [-0.39, 0.29) is 16.8 Å². The Bertz CT molecular complexity index is 710. The van der Waals surface area contributed by atoms with Crippen molar-refractivity contribution in [1.82, 2.24) is 0 Å². The van der Waals surface area contributed by atoms with Gasteiger partial charge in [-0.25, -0.2) is 9.59 Å². The van der Waals surface area contributed by atoms with Crippen molar-refractivity contribution in [3.8, 4) is 0 Å². The molecule has 6 heteroatoms. The topological polar surface area (TPSA) is 105 Å². The van der Waals surface area contributed by atoms with Crippen LogP contribution in [0.4, 0.5) is 11.4 Å². The molecule has 0 atom stereocenters. The zero-order valence-electron chi connectivity index (χ0n) is 11.1. The molecule has 0 fully saturated rings. The zero-order valence-corrected chi connectivity index (χ0v) is 11.1. The molecule has 20 heavy (non-hydrogen) atoms. The van der Waals surface area contributed by atoms with E-state index >= 15 is 0 Å². The highest BCUT2D eigenvalue weighted by atomic mass is 16.5. The van der Waals surface area contributed by atoms with E-state index in [9.17, 15) is 9.59 Å². The van der Waals surface area contributed by atoms with Crippen LogP contribution >= 0.6 is 0 Å². The molecule has 0 bridgehead atoms. The maximum absolute atomic E-state index is 11.9. The van der Waals surface area contributed by atoms with Gasteiger partial charge in [-0.3, -0.25) is 0 Å². The predicted molar refractivity (Wildman–Crippen MR) is 75.5 cm³/mol. The van der Waals surface area contributed by atoms with Crippen molar-refractivity contribution < 1.29 is 19.1 Å². The minimum Gasteiger partial charge on any atom is -0.465 e. The van der Waals surface area contributed by atoms with Crippen molar-refractivity contribution in [3.63, 3.8) is 0 Å². The first-order chi connectivity index (χ1) is 9.51. The molecule has 0 spiro atoms. The molecular weight excluding hydrogens is 260 g/mol. The number of rotatable bonds is 2. The highest BCUT2D eigenvalue weighted by Crippen LogP contribution is 2.33. The zero-order chi connectivity index (χ0) is 14.9. The van der Waals surface area contributed by atoms with Gasteiger partial charge in [0.05, 0.1) is 36.7 Å². The molecule has 0 amide bonds. The molecule has 0 saturated heterocycles.